The van der Waals surface area contributed by atoms with Crippen molar-refractivity contribution in [3.63, 3.8) is 0 Å². The summed E-state index contributed by atoms with van der Waals surface area (Å²) in [4.78, 5) is 14.6. The number of aromatic amines is 1. The summed E-state index contributed by atoms with van der Waals surface area (Å²) in [5, 5.41) is 7.26. The van der Waals surface area contributed by atoms with E-state index in [1.165, 1.54) is 0 Å². The van der Waals surface area contributed by atoms with E-state index in [2.05, 4.69) is 17.1 Å². The monoisotopic (exact) mass is 262 g/mol. The molecule has 0 radical (unpaired) electrons. The standard InChI is InChI=1S/C14H22N4O/c1-9-5-6-18(10(7-9)8-15)14(19)13-11-3-2-4-12(11)16-17-13/h9-10H,2-8,15H2,1H3,(H,16,17). The topological polar surface area (TPSA) is 75.0 Å². The third-order valence-corrected chi connectivity index (χ3v) is 4.52. The quantitative estimate of drug-likeness (QED) is 0.838. The van der Waals surface area contributed by atoms with Crippen LogP contribution in [-0.2, 0) is 12.8 Å². The number of likely N-dealkylation sites (tertiary alicyclic amines) is 1. The fourth-order valence-electron chi connectivity index (χ4n) is 3.37. The molecule has 1 amide bonds. The Hall–Kier alpha value is -1.36. The van der Waals surface area contributed by atoms with Crippen molar-refractivity contribution >= 4 is 5.91 Å². The van der Waals surface area contributed by atoms with E-state index in [1.807, 2.05) is 4.90 Å². The highest BCUT2D eigenvalue weighted by atomic mass is 16.2. The van der Waals surface area contributed by atoms with Crippen molar-refractivity contribution in [2.24, 2.45) is 11.7 Å². The summed E-state index contributed by atoms with van der Waals surface area (Å²) in [7, 11) is 0. The molecule has 19 heavy (non-hydrogen) atoms. The van der Waals surface area contributed by atoms with E-state index in [0.29, 0.717) is 18.2 Å². The Morgan fingerprint density at radius 2 is 2.37 bits per heavy atom. The predicted octanol–water partition coefficient (Wildman–Crippen LogP) is 1.10. The summed E-state index contributed by atoms with van der Waals surface area (Å²) in [6.45, 7) is 3.59. The molecule has 3 N–H and O–H groups in total. The molecule has 1 aliphatic heterocycles. The highest BCUT2D eigenvalue weighted by Gasteiger charge is 2.33. The fourth-order valence-corrected chi connectivity index (χ4v) is 3.37. The van der Waals surface area contributed by atoms with E-state index < -0.39 is 0 Å². The van der Waals surface area contributed by atoms with E-state index in [1.54, 1.807) is 0 Å². The first-order valence-electron chi connectivity index (χ1n) is 7.28. The van der Waals surface area contributed by atoms with Crippen molar-refractivity contribution in [3.05, 3.63) is 17.0 Å². The molecule has 2 atom stereocenters. The van der Waals surface area contributed by atoms with Gasteiger partial charge in [0.2, 0.25) is 0 Å². The van der Waals surface area contributed by atoms with Crippen LogP contribution in [0.2, 0.25) is 0 Å². The van der Waals surface area contributed by atoms with Gasteiger partial charge in [0.1, 0.15) is 0 Å². The third-order valence-electron chi connectivity index (χ3n) is 4.52. The van der Waals surface area contributed by atoms with Gasteiger partial charge in [-0.15, -0.1) is 0 Å². The van der Waals surface area contributed by atoms with E-state index in [-0.39, 0.29) is 11.9 Å². The minimum Gasteiger partial charge on any atom is -0.333 e. The van der Waals surface area contributed by atoms with Gasteiger partial charge in [-0.3, -0.25) is 9.89 Å². The maximum Gasteiger partial charge on any atom is 0.274 e. The number of rotatable bonds is 2. The van der Waals surface area contributed by atoms with Crippen LogP contribution in [0.4, 0.5) is 0 Å². The molecular weight excluding hydrogens is 240 g/mol. The summed E-state index contributed by atoms with van der Waals surface area (Å²) in [6, 6.07) is 0.171. The lowest BCUT2D eigenvalue weighted by Crippen LogP contribution is -2.49. The summed E-state index contributed by atoms with van der Waals surface area (Å²) in [5.41, 5.74) is 8.77. The zero-order chi connectivity index (χ0) is 13.4. The number of carbonyl (C=O) groups is 1. The predicted molar refractivity (Wildman–Crippen MR) is 72.9 cm³/mol. The zero-order valence-corrected chi connectivity index (χ0v) is 11.5. The number of hydrogen-bond donors (Lipinski definition) is 2. The van der Waals surface area contributed by atoms with Gasteiger partial charge in [0.05, 0.1) is 0 Å². The second kappa shape index (κ2) is 4.96. The SMILES string of the molecule is CC1CCN(C(=O)c2n[nH]c3c2CCC3)C(CN)C1. The van der Waals surface area contributed by atoms with E-state index in [9.17, 15) is 4.79 Å². The number of piperidine rings is 1. The van der Waals surface area contributed by atoms with Crippen LogP contribution in [0.1, 0.15) is 47.9 Å². The molecule has 2 unspecified atom stereocenters. The Labute approximate surface area is 113 Å². The minimum atomic E-state index is 0.0711. The normalized spacial score (nSPS) is 26.5. The van der Waals surface area contributed by atoms with Gasteiger partial charge in [0, 0.05) is 30.4 Å². The van der Waals surface area contributed by atoms with Crippen LogP contribution in [0.3, 0.4) is 0 Å². The molecule has 2 aliphatic rings. The number of aromatic nitrogens is 2. The van der Waals surface area contributed by atoms with Gasteiger partial charge in [-0.1, -0.05) is 6.92 Å². The van der Waals surface area contributed by atoms with Crippen LogP contribution in [-0.4, -0.2) is 40.1 Å². The van der Waals surface area contributed by atoms with Crippen LogP contribution < -0.4 is 5.73 Å². The second-order valence-electron chi connectivity index (χ2n) is 5.90. The first-order valence-corrected chi connectivity index (χ1v) is 7.28. The second-order valence-corrected chi connectivity index (χ2v) is 5.90. The van der Waals surface area contributed by atoms with Crippen molar-refractivity contribution in [3.8, 4) is 0 Å². The largest absolute Gasteiger partial charge is 0.333 e. The molecule has 0 spiro atoms. The molecule has 0 saturated carbocycles. The number of aryl methyl sites for hydroxylation is 1. The summed E-state index contributed by atoms with van der Waals surface area (Å²) >= 11 is 0. The molecular formula is C14H22N4O. The molecule has 2 heterocycles. The van der Waals surface area contributed by atoms with Gasteiger partial charge in [-0.2, -0.15) is 5.10 Å². The highest BCUT2D eigenvalue weighted by molar-refractivity contribution is 5.94. The number of H-pyrrole nitrogens is 1. The fraction of sp³-hybridized carbons (Fsp3) is 0.714. The van der Waals surface area contributed by atoms with Crippen LogP contribution >= 0.6 is 0 Å². The van der Waals surface area contributed by atoms with Gasteiger partial charge in [-0.25, -0.2) is 0 Å². The lowest BCUT2D eigenvalue weighted by molar-refractivity contribution is 0.0566. The molecule has 3 rings (SSSR count). The van der Waals surface area contributed by atoms with Crippen molar-refractivity contribution in [1.29, 1.82) is 0 Å². The molecule has 1 aromatic rings. The number of carbonyl (C=O) groups excluding carboxylic acids is 1. The van der Waals surface area contributed by atoms with Gasteiger partial charge in [0.15, 0.2) is 5.69 Å². The molecule has 1 aliphatic carbocycles. The smallest absolute Gasteiger partial charge is 0.274 e. The summed E-state index contributed by atoms with van der Waals surface area (Å²) in [6.07, 6.45) is 5.20. The molecule has 1 fully saturated rings. The Kier molecular flexibility index (Phi) is 3.31. The lowest BCUT2D eigenvalue weighted by atomic mass is 9.92. The Morgan fingerprint density at radius 1 is 1.53 bits per heavy atom. The van der Waals surface area contributed by atoms with Crippen LogP contribution in [0.5, 0.6) is 0 Å². The number of nitrogens with zero attached hydrogens (tertiary/aromatic N) is 2. The van der Waals surface area contributed by atoms with Crippen LogP contribution in [0.25, 0.3) is 0 Å². The molecule has 5 heteroatoms. The number of hydrogen-bond acceptors (Lipinski definition) is 3. The number of nitrogens with two attached hydrogens (primary N) is 1. The van der Waals surface area contributed by atoms with Gasteiger partial charge in [0.25, 0.3) is 5.91 Å². The number of nitrogens with one attached hydrogen (secondary N) is 1. The number of amides is 1. The van der Waals surface area contributed by atoms with Crippen molar-refractivity contribution in [2.45, 2.75) is 45.1 Å². The minimum absolute atomic E-state index is 0.0711. The highest BCUT2D eigenvalue weighted by Crippen LogP contribution is 2.27. The zero-order valence-electron chi connectivity index (χ0n) is 11.5. The maximum absolute atomic E-state index is 12.7. The van der Waals surface area contributed by atoms with E-state index in [0.717, 1.165) is 49.9 Å². The summed E-state index contributed by atoms with van der Waals surface area (Å²) < 4.78 is 0. The van der Waals surface area contributed by atoms with Crippen molar-refractivity contribution in [2.75, 3.05) is 13.1 Å². The third kappa shape index (κ3) is 2.16. The Morgan fingerprint density at radius 3 is 3.16 bits per heavy atom. The maximum atomic E-state index is 12.7. The molecule has 0 aromatic carbocycles. The average Bonchev–Trinajstić information content (AvgIpc) is 3.00. The van der Waals surface area contributed by atoms with Crippen molar-refractivity contribution in [1.82, 2.24) is 15.1 Å². The van der Waals surface area contributed by atoms with Gasteiger partial charge in [-0.05, 0) is 38.0 Å². The average molecular weight is 262 g/mol. The van der Waals surface area contributed by atoms with Gasteiger partial charge < -0.3 is 10.6 Å². The summed E-state index contributed by atoms with van der Waals surface area (Å²) in [5.74, 6) is 0.726. The molecule has 5 nitrogen and oxygen atoms in total. The first-order chi connectivity index (χ1) is 9.20. The Balaban J connectivity index is 1.82. The molecule has 1 saturated heterocycles. The molecule has 1 aromatic heterocycles. The lowest BCUT2D eigenvalue weighted by Gasteiger charge is -2.37. The Bertz CT molecular complexity index is 482. The van der Waals surface area contributed by atoms with Crippen LogP contribution in [0, 0.1) is 5.92 Å². The first kappa shape index (κ1) is 12.7. The number of fused-ring (bicyclic) bond motifs is 1. The van der Waals surface area contributed by atoms with Crippen molar-refractivity contribution < 1.29 is 4.79 Å². The van der Waals surface area contributed by atoms with E-state index in [4.69, 9.17) is 5.73 Å². The molecule has 104 valence electrons. The van der Waals surface area contributed by atoms with Gasteiger partial charge >= 0.3 is 0 Å². The van der Waals surface area contributed by atoms with Crippen LogP contribution in [0.15, 0.2) is 0 Å². The van der Waals surface area contributed by atoms with E-state index >= 15 is 0 Å². The molecule has 0 bridgehead atoms.